The average molecular weight is 295 g/mol. The lowest BCUT2D eigenvalue weighted by Gasteiger charge is -2.09. The molecular formula is C16H13N3O3. The number of ketones is 1. The second kappa shape index (κ2) is 4.24. The summed E-state index contributed by atoms with van der Waals surface area (Å²) in [6.07, 6.45) is 1.84. The van der Waals surface area contributed by atoms with Gasteiger partial charge in [-0.1, -0.05) is 0 Å². The van der Waals surface area contributed by atoms with Crippen LogP contribution < -0.4 is 4.74 Å². The zero-order valence-electron chi connectivity index (χ0n) is 12.1. The molecule has 0 atom stereocenters. The van der Waals surface area contributed by atoms with Crippen LogP contribution in [0.3, 0.4) is 0 Å². The molecule has 0 unspecified atom stereocenters. The Labute approximate surface area is 126 Å². The molecule has 0 fully saturated rings. The average Bonchev–Trinajstić information content (AvgIpc) is 3.15. The molecule has 1 aliphatic heterocycles. The van der Waals surface area contributed by atoms with Gasteiger partial charge in [0.2, 0.25) is 5.78 Å². The lowest BCUT2D eigenvalue weighted by Crippen LogP contribution is -2.03. The molecule has 6 heteroatoms. The molecule has 1 aromatic carbocycles. The van der Waals surface area contributed by atoms with Crippen molar-refractivity contribution in [3.63, 3.8) is 0 Å². The molecule has 3 aromatic rings. The highest BCUT2D eigenvalue weighted by Gasteiger charge is 2.33. The highest BCUT2D eigenvalue weighted by Crippen LogP contribution is 2.38. The summed E-state index contributed by atoms with van der Waals surface area (Å²) in [5.41, 5.74) is 3.33. The number of aromatic hydroxyl groups is 1. The van der Waals surface area contributed by atoms with E-state index in [0.717, 1.165) is 16.9 Å². The van der Waals surface area contributed by atoms with E-state index in [1.807, 2.05) is 22.9 Å². The van der Waals surface area contributed by atoms with E-state index in [1.165, 1.54) is 7.11 Å². The normalized spacial score (nSPS) is 12.4. The van der Waals surface area contributed by atoms with Crippen LogP contribution in [0.25, 0.3) is 16.9 Å². The maximum Gasteiger partial charge on any atom is 0.232 e. The monoisotopic (exact) mass is 295 g/mol. The summed E-state index contributed by atoms with van der Waals surface area (Å²) in [7, 11) is 3.28. The minimum Gasteiger partial charge on any atom is -0.504 e. The minimum atomic E-state index is -0.0837. The number of carbonyl (C=O) groups is 1. The Bertz CT molecular complexity index is 921. The maximum atomic E-state index is 12.3. The first-order chi connectivity index (χ1) is 10.6. The predicted octanol–water partition coefficient (Wildman–Crippen LogP) is 2.14. The number of hydrogen-bond donors (Lipinski definition) is 1. The van der Waals surface area contributed by atoms with Crippen LogP contribution >= 0.6 is 0 Å². The Morgan fingerprint density at radius 2 is 2.09 bits per heavy atom. The quantitative estimate of drug-likeness (QED) is 0.615. The Hall–Kier alpha value is -3.02. The lowest BCUT2D eigenvalue weighted by atomic mass is 10.1. The van der Waals surface area contributed by atoms with Crippen molar-refractivity contribution in [2.24, 2.45) is 7.05 Å². The molecule has 0 radical (unpaired) electrons. The van der Waals surface area contributed by atoms with Crippen molar-refractivity contribution in [3.05, 3.63) is 47.9 Å². The van der Waals surface area contributed by atoms with Gasteiger partial charge in [-0.3, -0.25) is 9.48 Å². The van der Waals surface area contributed by atoms with Gasteiger partial charge in [-0.05, 0) is 30.3 Å². The summed E-state index contributed by atoms with van der Waals surface area (Å²) in [6.45, 7) is 0. The smallest absolute Gasteiger partial charge is 0.232 e. The predicted molar refractivity (Wildman–Crippen MR) is 79.6 cm³/mol. The lowest BCUT2D eigenvalue weighted by molar-refractivity contribution is 0.103. The number of nitrogens with zero attached hydrogens (tertiary/aromatic N) is 3. The number of hydrogen-bond acceptors (Lipinski definition) is 4. The summed E-state index contributed by atoms with van der Waals surface area (Å²) in [4.78, 5) is 12.3. The van der Waals surface area contributed by atoms with Gasteiger partial charge in [-0.25, -0.2) is 0 Å². The van der Waals surface area contributed by atoms with Crippen LogP contribution in [-0.2, 0) is 7.05 Å². The molecule has 0 aliphatic carbocycles. The number of aromatic nitrogens is 3. The summed E-state index contributed by atoms with van der Waals surface area (Å²) in [5.74, 6) is 0.367. The Morgan fingerprint density at radius 1 is 1.27 bits per heavy atom. The number of carbonyl (C=O) groups excluding carboxylic acids is 1. The van der Waals surface area contributed by atoms with Crippen LogP contribution in [0, 0.1) is 0 Å². The van der Waals surface area contributed by atoms with Crippen LogP contribution in [0.5, 0.6) is 11.5 Å². The third-order valence-corrected chi connectivity index (χ3v) is 3.91. The van der Waals surface area contributed by atoms with Crippen LogP contribution in [0.15, 0.2) is 36.5 Å². The Morgan fingerprint density at radius 3 is 2.82 bits per heavy atom. The summed E-state index contributed by atoms with van der Waals surface area (Å²) in [5, 5.41) is 14.3. The third-order valence-electron chi connectivity index (χ3n) is 3.91. The molecule has 110 valence electrons. The topological polar surface area (TPSA) is 69.3 Å². The standard InChI is InChI=1S/C16H13N3O3/c1-18-14(9-5-6-12(22-2)11(20)8-9)15-13(17-18)16(21)10-4-3-7-19(10)15/h3-8,20H,1-2H3. The zero-order chi connectivity index (χ0) is 15.4. The summed E-state index contributed by atoms with van der Waals surface area (Å²) >= 11 is 0. The third kappa shape index (κ3) is 1.49. The molecule has 2 aromatic heterocycles. The molecular weight excluding hydrogens is 282 g/mol. The van der Waals surface area contributed by atoms with Crippen molar-refractivity contribution in [3.8, 4) is 28.4 Å². The summed E-state index contributed by atoms with van der Waals surface area (Å²) in [6, 6.07) is 8.75. The van der Waals surface area contributed by atoms with Crippen LogP contribution in [0.2, 0.25) is 0 Å². The molecule has 4 rings (SSSR count). The number of methoxy groups -OCH3 is 1. The second-order valence-electron chi connectivity index (χ2n) is 5.15. The molecule has 1 aliphatic rings. The number of phenols is 1. The maximum absolute atomic E-state index is 12.3. The van der Waals surface area contributed by atoms with E-state index in [0.29, 0.717) is 17.1 Å². The number of ether oxygens (including phenoxy) is 1. The van der Waals surface area contributed by atoms with Gasteiger partial charge < -0.3 is 14.4 Å². The molecule has 3 heterocycles. The van der Waals surface area contributed by atoms with Gasteiger partial charge >= 0.3 is 0 Å². The molecule has 6 nitrogen and oxygen atoms in total. The number of benzene rings is 1. The fourth-order valence-corrected chi connectivity index (χ4v) is 2.94. The van der Waals surface area contributed by atoms with Gasteiger partial charge in [0, 0.05) is 18.8 Å². The number of fused-ring (bicyclic) bond motifs is 3. The van der Waals surface area contributed by atoms with Gasteiger partial charge in [-0.15, -0.1) is 0 Å². The largest absolute Gasteiger partial charge is 0.504 e. The molecule has 0 spiro atoms. The fraction of sp³-hybridized carbons (Fsp3) is 0.125. The highest BCUT2D eigenvalue weighted by atomic mass is 16.5. The van der Waals surface area contributed by atoms with E-state index in [9.17, 15) is 9.90 Å². The summed E-state index contributed by atoms with van der Waals surface area (Å²) < 4.78 is 8.56. The van der Waals surface area contributed by atoms with E-state index in [1.54, 1.807) is 29.9 Å². The van der Waals surface area contributed by atoms with Gasteiger partial charge in [0.05, 0.1) is 18.5 Å². The SMILES string of the molecule is COc1ccc(-c2c3c(nn2C)C(=O)c2cccn2-3)cc1O. The number of aryl methyl sites for hydroxylation is 1. The highest BCUT2D eigenvalue weighted by molar-refractivity contribution is 6.14. The van der Waals surface area contributed by atoms with Crippen LogP contribution in [0.1, 0.15) is 16.2 Å². The molecule has 0 bridgehead atoms. The first kappa shape index (κ1) is 12.7. The van der Waals surface area contributed by atoms with Gasteiger partial charge in [-0.2, -0.15) is 5.10 Å². The van der Waals surface area contributed by atoms with E-state index in [-0.39, 0.29) is 11.5 Å². The van der Waals surface area contributed by atoms with Gasteiger partial charge in [0.1, 0.15) is 5.69 Å². The van der Waals surface area contributed by atoms with Crippen LogP contribution in [-0.4, -0.2) is 32.3 Å². The van der Waals surface area contributed by atoms with E-state index < -0.39 is 0 Å². The van der Waals surface area contributed by atoms with Gasteiger partial charge in [0.15, 0.2) is 17.2 Å². The second-order valence-corrected chi connectivity index (χ2v) is 5.15. The zero-order valence-corrected chi connectivity index (χ0v) is 12.1. The van der Waals surface area contributed by atoms with E-state index >= 15 is 0 Å². The Kier molecular flexibility index (Phi) is 2.45. The van der Waals surface area contributed by atoms with E-state index in [2.05, 4.69) is 5.10 Å². The van der Waals surface area contributed by atoms with Crippen molar-refractivity contribution in [1.29, 1.82) is 0 Å². The van der Waals surface area contributed by atoms with Crippen molar-refractivity contribution < 1.29 is 14.6 Å². The Balaban J connectivity index is 1.98. The van der Waals surface area contributed by atoms with Crippen LogP contribution in [0.4, 0.5) is 0 Å². The van der Waals surface area contributed by atoms with Crippen molar-refractivity contribution >= 4 is 5.78 Å². The van der Waals surface area contributed by atoms with Crippen molar-refractivity contribution in [1.82, 2.24) is 14.3 Å². The molecule has 1 N–H and O–H groups in total. The van der Waals surface area contributed by atoms with Crippen molar-refractivity contribution in [2.75, 3.05) is 7.11 Å². The first-order valence-corrected chi connectivity index (χ1v) is 6.78. The molecule has 0 saturated heterocycles. The number of phenolic OH excluding ortho intramolecular Hbond substituents is 1. The molecule has 22 heavy (non-hydrogen) atoms. The molecule has 0 saturated carbocycles. The fourth-order valence-electron chi connectivity index (χ4n) is 2.94. The van der Waals surface area contributed by atoms with Gasteiger partial charge in [0.25, 0.3) is 0 Å². The van der Waals surface area contributed by atoms with Crippen molar-refractivity contribution in [2.45, 2.75) is 0 Å². The molecule has 0 amide bonds. The number of rotatable bonds is 2. The van der Waals surface area contributed by atoms with E-state index in [4.69, 9.17) is 4.74 Å². The first-order valence-electron chi connectivity index (χ1n) is 6.78. The minimum absolute atomic E-state index is 0.0482.